The van der Waals surface area contributed by atoms with Crippen LogP contribution in [0, 0.1) is 34.3 Å². The molecule has 2 aromatic carbocycles. The molecule has 0 unspecified atom stereocenters. The number of aromatic nitrogens is 2. The average molecular weight is 743 g/mol. The van der Waals surface area contributed by atoms with E-state index in [4.69, 9.17) is 9.47 Å². The first-order valence-corrected chi connectivity index (χ1v) is 17.5. The number of carbonyl (C=O) groups excluding carboxylic acids is 2. The number of halogens is 2. The van der Waals surface area contributed by atoms with Gasteiger partial charge in [0.2, 0.25) is 0 Å². The number of anilines is 2. The third-order valence-corrected chi connectivity index (χ3v) is 10.9. The number of fused-ring (bicyclic) bond motifs is 2. The molecule has 2 aromatic heterocycles. The Labute approximate surface area is 308 Å². The number of ether oxygens (including phenoxy) is 2. The van der Waals surface area contributed by atoms with Crippen molar-refractivity contribution >= 4 is 45.0 Å². The van der Waals surface area contributed by atoms with Gasteiger partial charge < -0.3 is 34.9 Å². The lowest BCUT2D eigenvalue weighted by molar-refractivity contribution is -0.0814. The Morgan fingerprint density at radius 2 is 1.44 bits per heavy atom. The van der Waals surface area contributed by atoms with Crippen molar-refractivity contribution in [2.45, 2.75) is 57.5 Å². The van der Waals surface area contributed by atoms with Crippen LogP contribution in [0.25, 0.3) is 21.8 Å². The van der Waals surface area contributed by atoms with Crippen LogP contribution in [0.1, 0.15) is 71.4 Å². The maximum Gasteiger partial charge on any atom is 0.273 e. The minimum Gasteiger partial charge on any atom is -0.378 e. The van der Waals surface area contributed by atoms with Crippen LogP contribution in [0.4, 0.5) is 20.2 Å². The number of nitrogens with zero attached hydrogens (tertiary/aromatic N) is 5. The molecule has 2 aliphatic heterocycles. The van der Waals surface area contributed by atoms with Crippen molar-refractivity contribution in [3.05, 3.63) is 78.9 Å². The molecule has 4 heterocycles. The van der Waals surface area contributed by atoms with Gasteiger partial charge >= 0.3 is 0 Å². The zero-order valence-corrected chi connectivity index (χ0v) is 30.6. The van der Waals surface area contributed by atoms with Crippen molar-refractivity contribution < 1.29 is 27.8 Å². The van der Waals surface area contributed by atoms with Crippen LogP contribution in [0.5, 0.6) is 0 Å². The molecule has 4 aromatic rings. The fraction of sp³-hybridized carbons (Fsp3) is 0.421. The summed E-state index contributed by atoms with van der Waals surface area (Å²) in [7, 11) is 4.36. The normalized spacial score (nSPS) is 16.5. The Hall–Kier alpha value is -5.84. The van der Waals surface area contributed by atoms with Crippen molar-refractivity contribution in [1.82, 2.24) is 20.2 Å². The Balaban J connectivity index is 1.35. The van der Waals surface area contributed by atoms with Crippen molar-refractivity contribution in [3.63, 3.8) is 0 Å². The number of nitriles is 2. The van der Waals surface area contributed by atoms with E-state index in [1.807, 2.05) is 26.0 Å². The van der Waals surface area contributed by atoms with E-state index in [0.717, 1.165) is 6.07 Å². The number of pyridine rings is 2. The van der Waals surface area contributed by atoms with Crippen molar-refractivity contribution in [2.75, 3.05) is 57.2 Å². The molecule has 0 atom stereocenters. The SMILES string of the molecule is CNC(=O)c1cc2c(N3CCC(C)(OCn4c(=O)c(C#N)c(N5CCC(C)(OC)CC5)c5c(F)c(C(=O)NC)ccc54)CC3)c(C#N)c(=O)[nH]c2cc1F. The van der Waals surface area contributed by atoms with Gasteiger partial charge in [0.15, 0.2) is 0 Å². The first-order chi connectivity index (χ1) is 25.7. The Kier molecular flexibility index (Phi) is 10.2. The minimum atomic E-state index is -0.871. The van der Waals surface area contributed by atoms with E-state index in [1.165, 1.54) is 36.9 Å². The molecular weight excluding hydrogens is 702 g/mol. The van der Waals surface area contributed by atoms with Crippen LogP contribution < -0.4 is 31.6 Å². The molecule has 14 nitrogen and oxygen atoms in total. The fourth-order valence-corrected chi connectivity index (χ4v) is 7.36. The second-order valence-corrected chi connectivity index (χ2v) is 14.1. The maximum atomic E-state index is 16.5. The molecule has 0 aliphatic carbocycles. The average Bonchev–Trinajstić information content (AvgIpc) is 3.16. The van der Waals surface area contributed by atoms with Gasteiger partial charge in [-0.1, -0.05) is 0 Å². The monoisotopic (exact) mass is 742 g/mol. The first-order valence-electron chi connectivity index (χ1n) is 17.5. The van der Waals surface area contributed by atoms with E-state index < -0.39 is 45.8 Å². The van der Waals surface area contributed by atoms with E-state index >= 15 is 4.39 Å². The summed E-state index contributed by atoms with van der Waals surface area (Å²) >= 11 is 0. The van der Waals surface area contributed by atoms with Gasteiger partial charge in [-0.15, -0.1) is 0 Å². The molecule has 2 saturated heterocycles. The van der Waals surface area contributed by atoms with Gasteiger partial charge in [0, 0.05) is 52.8 Å². The third-order valence-electron chi connectivity index (χ3n) is 10.9. The number of nitrogens with one attached hydrogen (secondary N) is 3. The number of piperidine rings is 2. The highest BCUT2D eigenvalue weighted by atomic mass is 19.1. The van der Waals surface area contributed by atoms with Gasteiger partial charge in [-0.25, -0.2) is 8.78 Å². The van der Waals surface area contributed by atoms with E-state index in [1.54, 1.807) is 16.9 Å². The van der Waals surface area contributed by atoms with Gasteiger partial charge in [0.1, 0.15) is 41.6 Å². The molecular formula is C38H40F2N8O6. The lowest BCUT2D eigenvalue weighted by Crippen LogP contribution is -2.46. The fourth-order valence-electron chi connectivity index (χ4n) is 7.36. The lowest BCUT2D eigenvalue weighted by atomic mass is 9.92. The number of rotatable bonds is 8. The molecule has 3 N–H and O–H groups in total. The van der Waals surface area contributed by atoms with Gasteiger partial charge in [0.05, 0.1) is 50.1 Å². The Bertz CT molecular complexity index is 2400. The van der Waals surface area contributed by atoms with Gasteiger partial charge in [0.25, 0.3) is 22.9 Å². The van der Waals surface area contributed by atoms with Gasteiger partial charge in [-0.3, -0.25) is 23.7 Å². The van der Waals surface area contributed by atoms with Crippen LogP contribution in [0.3, 0.4) is 0 Å². The predicted octanol–water partition coefficient (Wildman–Crippen LogP) is 3.62. The highest BCUT2D eigenvalue weighted by molar-refractivity contribution is 6.04. The molecule has 2 amide bonds. The first kappa shape index (κ1) is 37.9. The molecule has 282 valence electrons. The van der Waals surface area contributed by atoms with Crippen LogP contribution in [-0.2, 0) is 16.2 Å². The quantitative estimate of drug-likeness (QED) is 0.241. The van der Waals surface area contributed by atoms with E-state index in [-0.39, 0.29) is 69.9 Å². The summed E-state index contributed by atoms with van der Waals surface area (Å²) in [5.74, 6) is -3.04. The largest absolute Gasteiger partial charge is 0.378 e. The molecule has 0 spiro atoms. The van der Waals surface area contributed by atoms with Crippen LogP contribution >= 0.6 is 0 Å². The Morgan fingerprint density at radius 3 is 2.02 bits per heavy atom. The summed E-state index contributed by atoms with van der Waals surface area (Å²) in [5, 5.41) is 25.4. The highest BCUT2D eigenvalue weighted by Gasteiger charge is 2.36. The molecule has 0 radical (unpaired) electrons. The standard InChI is InChI=1S/C38H40F2N8O6/c1-37(53-5)8-12-47(13-9-37)32-25(19-42)36(52)48(28-7-6-21(33(49)43-3)30(40)29(28)32)20-54-38(2)10-14-46(15-11-38)31-23-16-22(34(50)44-4)26(39)17-27(23)45-35(51)24(31)18-41/h6-7,16-17H,8-15,20H2,1-5H3,(H,43,49)(H,44,50)(H,45,51). The van der Waals surface area contributed by atoms with Crippen LogP contribution in [0.2, 0.25) is 0 Å². The number of hydrogen-bond acceptors (Lipinski definition) is 10. The Morgan fingerprint density at radius 1 is 0.870 bits per heavy atom. The number of carbonyl (C=O) groups is 2. The molecule has 16 heteroatoms. The summed E-state index contributed by atoms with van der Waals surface area (Å²) in [4.78, 5) is 58.2. The summed E-state index contributed by atoms with van der Waals surface area (Å²) in [5.41, 5.74) is -3.00. The molecule has 2 aliphatic rings. The second-order valence-electron chi connectivity index (χ2n) is 14.1. The number of hydrogen-bond donors (Lipinski definition) is 3. The highest BCUT2D eigenvalue weighted by Crippen LogP contribution is 2.38. The number of benzene rings is 2. The molecule has 54 heavy (non-hydrogen) atoms. The smallest absolute Gasteiger partial charge is 0.273 e. The number of H-pyrrole nitrogens is 1. The van der Waals surface area contributed by atoms with Gasteiger partial charge in [-0.2, -0.15) is 10.5 Å². The summed E-state index contributed by atoms with van der Waals surface area (Å²) in [6.07, 6.45) is 1.80. The van der Waals surface area contributed by atoms with Crippen molar-refractivity contribution in [3.8, 4) is 12.1 Å². The molecule has 0 bridgehead atoms. The zero-order chi connectivity index (χ0) is 39.1. The molecule has 2 fully saturated rings. The number of aromatic amines is 1. The summed E-state index contributed by atoms with van der Waals surface area (Å²) in [6, 6.07) is 9.07. The minimum absolute atomic E-state index is 0.0467. The summed E-state index contributed by atoms with van der Waals surface area (Å²) < 4.78 is 44.6. The van der Waals surface area contributed by atoms with E-state index in [0.29, 0.717) is 44.2 Å². The number of methoxy groups -OCH3 is 1. The van der Waals surface area contributed by atoms with Crippen LogP contribution in [0.15, 0.2) is 33.9 Å². The van der Waals surface area contributed by atoms with Crippen LogP contribution in [-0.4, -0.2) is 80.0 Å². The predicted molar refractivity (Wildman–Crippen MR) is 197 cm³/mol. The lowest BCUT2D eigenvalue weighted by Gasteiger charge is -2.41. The van der Waals surface area contributed by atoms with Crippen molar-refractivity contribution in [2.24, 2.45) is 0 Å². The molecule has 6 rings (SSSR count). The van der Waals surface area contributed by atoms with E-state index in [2.05, 4.69) is 15.6 Å². The summed E-state index contributed by atoms with van der Waals surface area (Å²) in [6.45, 7) is 4.75. The maximum absolute atomic E-state index is 16.5. The van der Waals surface area contributed by atoms with Crippen molar-refractivity contribution in [1.29, 1.82) is 10.5 Å². The molecule has 0 saturated carbocycles. The third kappa shape index (κ3) is 6.52. The van der Waals surface area contributed by atoms with Gasteiger partial charge in [-0.05, 0) is 63.8 Å². The second kappa shape index (κ2) is 14.5. The zero-order valence-electron chi connectivity index (χ0n) is 30.6. The topological polar surface area (TPSA) is 186 Å². The van der Waals surface area contributed by atoms with E-state index in [9.17, 15) is 34.1 Å². The number of amides is 2.